The van der Waals surface area contributed by atoms with E-state index in [4.69, 9.17) is 16.3 Å². The number of nitrogens with zero attached hydrogens (tertiary/aromatic N) is 1. The minimum atomic E-state index is -4.13. The quantitative estimate of drug-likeness (QED) is 0.728. The molecular weight excluding hydrogens is 434 g/mol. The fraction of sp³-hybridized carbons (Fsp3) is 0.188. The normalized spacial score (nSPS) is 11.2. The highest BCUT2D eigenvalue weighted by molar-refractivity contribution is 9.10. The summed E-state index contributed by atoms with van der Waals surface area (Å²) < 4.78 is 32.4. The minimum Gasteiger partial charge on any atom is -0.496 e. The molecule has 0 saturated heterocycles. The Bertz CT molecular complexity index is 917. The van der Waals surface area contributed by atoms with Crippen molar-refractivity contribution in [3.8, 4) is 5.75 Å². The van der Waals surface area contributed by atoms with Gasteiger partial charge in [0.2, 0.25) is 0 Å². The summed E-state index contributed by atoms with van der Waals surface area (Å²) in [5.41, 5.74) is 0.795. The second kappa shape index (κ2) is 7.63. The van der Waals surface area contributed by atoms with Gasteiger partial charge in [0.15, 0.2) is 0 Å². The van der Waals surface area contributed by atoms with Gasteiger partial charge in [-0.1, -0.05) is 17.7 Å². The molecule has 0 spiro atoms. The van der Waals surface area contributed by atoms with E-state index in [1.54, 1.807) is 19.1 Å². The molecule has 0 heterocycles. The third-order valence-corrected chi connectivity index (χ3v) is 6.04. The molecule has 9 heteroatoms. The van der Waals surface area contributed by atoms with Gasteiger partial charge in [0, 0.05) is 5.02 Å². The average molecular weight is 449 g/mol. The molecule has 1 N–H and O–H groups in total. The molecule has 134 valence electrons. The monoisotopic (exact) mass is 447 g/mol. The number of methoxy groups -OCH3 is 1. The van der Waals surface area contributed by atoms with Crippen LogP contribution in [0.25, 0.3) is 0 Å². The van der Waals surface area contributed by atoms with Crippen molar-refractivity contribution in [2.24, 2.45) is 0 Å². The third kappa shape index (κ3) is 4.26. The number of rotatable bonds is 6. The number of hydrogen-bond donors (Lipinski definition) is 1. The molecule has 0 amide bonds. The maximum absolute atomic E-state index is 13.0. The summed E-state index contributed by atoms with van der Waals surface area (Å²) in [4.78, 5) is 11.2. The van der Waals surface area contributed by atoms with Gasteiger partial charge in [0.05, 0.1) is 22.2 Å². The van der Waals surface area contributed by atoms with Crippen LogP contribution in [0.3, 0.4) is 0 Å². The number of benzene rings is 2. The van der Waals surface area contributed by atoms with E-state index >= 15 is 0 Å². The van der Waals surface area contributed by atoms with Crippen LogP contribution in [0.5, 0.6) is 5.75 Å². The summed E-state index contributed by atoms with van der Waals surface area (Å²) in [5.74, 6) is -0.821. The molecule has 6 nitrogen and oxygen atoms in total. The molecule has 2 rings (SSSR count). The van der Waals surface area contributed by atoms with Gasteiger partial charge in [-0.05, 0) is 58.7 Å². The highest BCUT2D eigenvalue weighted by atomic mass is 79.9. The second-order valence-corrected chi connectivity index (χ2v) is 8.29. The predicted molar refractivity (Wildman–Crippen MR) is 99.1 cm³/mol. The molecule has 2 aromatic rings. The van der Waals surface area contributed by atoms with Crippen LogP contribution >= 0.6 is 27.5 Å². The number of halogens is 2. The SMILES string of the molecule is COc1ccc(S(=O)(=O)N(CC(=O)O)c2cc(Cl)ccc2C)cc1Br. The number of carboxylic acid groups (broad SMARTS) is 1. The number of hydrogen-bond acceptors (Lipinski definition) is 4. The number of sulfonamides is 1. The van der Waals surface area contributed by atoms with Crippen LogP contribution in [0, 0.1) is 6.92 Å². The fourth-order valence-corrected chi connectivity index (χ4v) is 4.56. The lowest BCUT2D eigenvalue weighted by Gasteiger charge is -2.25. The van der Waals surface area contributed by atoms with Gasteiger partial charge in [-0.15, -0.1) is 0 Å². The molecule has 0 fully saturated rings. The largest absolute Gasteiger partial charge is 0.496 e. The number of aliphatic carboxylic acids is 1. The van der Waals surface area contributed by atoms with Crippen LogP contribution in [0.4, 0.5) is 5.69 Å². The smallest absolute Gasteiger partial charge is 0.324 e. The molecule has 0 radical (unpaired) electrons. The van der Waals surface area contributed by atoms with Gasteiger partial charge >= 0.3 is 5.97 Å². The lowest BCUT2D eigenvalue weighted by atomic mass is 10.2. The summed E-state index contributed by atoms with van der Waals surface area (Å²) in [6.07, 6.45) is 0. The van der Waals surface area contributed by atoms with Crippen molar-refractivity contribution in [1.82, 2.24) is 0 Å². The molecule has 0 bridgehead atoms. The van der Waals surface area contributed by atoms with Crippen LogP contribution in [-0.2, 0) is 14.8 Å². The van der Waals surface area contributed by atoms with Gasteiger partial charge < -0.3 is 9.84 Å². The first-order valence-electron chi connectivity index (χ1n) is 7.01. The van der Waals surface area contributed by atoms with E-state index in [1.165, 1.54) is 31.4 Å². The van der Waals surface area contributed by atoms with Crippen LogP contribution in [0.1, 0.15) is 5.56 Å². The van der Waals surface area contributed by atoms with Crippen LogP contribution in [0.15, 0.2) is 45.8 Å². The van der Waals surface area contributed by atoms with Crippen LogP contribution < -0.4 is 9.04 Å². The number of carboxylic acids is 1. The molecule has 0 aromatic heterocycles. The molecule has 0 atom stereocenters. The number of carbonyl (C=O) groups is 1. The van der Waals surface area contributed by atoms with Crippen molar-refractivity contribution in [3.05, 3.63) is 51.5 Å². The molecule has 2 aromatic carbocycles. The van der Waals surface area contributed by atoms with Crippen LogP contribution in [-0.4, -0.2) is 33.1 Å². The highest BCUT2D eigenvalue weighted by Gasteiger charge is 2.29. The Kier molecular flexibility index (Phi) is 5.97. The maximum atomic E-state index is 13.0. The first kappa shape index (κ1) is 19.6. The minimum absolute atomic E-state index is 0.0687. The molecule has 0 aliphatic heterocycles. The summed E-state index contributed by atoms with van der Waals surface area (Å²) in [6.45, 7) is 0.952. The Morgan fingerprint density at radius 2 is 1.96 bits per heavy atom. The van der Waals surface area contributed by atoms with Crippen molar-refractivity contribution in [1.29, 1.82) is 0 Å². The Labute approximate surface area is 159 Å². The molecular formula is C16H15BrClNO5S. The molecule has 0 saturated carbocycles. The Morgan fingerprint density at radius 3 is 2.52 bits per heavy atom. The van der Waals surface area contributed by atoms with E-state index in [1.807, 2.05) is 0 Å². The predicted octanol–water partition coefficient (Wildman–Crippen LogP) is 3.70. The molecule has 0 aliphatic carbocycles. The fourth-order valence-electron chi connectivity index (χ4n) is 2.21. The van der Waals surface area contributed by atoms with Crippen molar-refractivity contribution in [3.63, 3.8) is 0 Å². The lowest BCUT2D eigenvalue weighted by molar-refractivity contribution is -0.135. The first-order valence-corrected chi connectivity index (χ1v) is 9.62. The van der Waals surface area contributed by atoms with Crippen LogP contribution in [0.2, 0.25) is 5.02 Å². The van der Waals surface area contributed by atoms with E-state index in [2.05, 4.69) is 15.9 Å². The molecule has 0 unspecified atom stereocenters. The van der Waals surface area contributed by atoms with Gasteiger partial charge in [0.1, 0.15) is 12.3 Å². The lowest BCUT2D eigenvalue weighted by Crippen LogP contribution is -2.36. The Hall–Kier alpha value is -1.77. The molecule has 25 heavy (non-hydrogen) atoms. The van der Waals surface area contributed by atoms with Crippen molar-refractivity contribution < 1.29 is 23.1 Å². The van der Waals surface area contributed by atoms with Gasteiger partial charge in [-0.2, -0.15) is 0 Å². The van der Waals surface area contributed by atoms with E-state index in [-0.39, 0.29) is 10.6 Å². The first-order chi connectivity index (χ1) is 11.7. The Balaban J connectivity index is 2.62. The van der Waals surface area contributed by atoms with E-state index in [9.17, 15) is 18.3 Å². The van der Waals surface area contributed by atoms with E-state index in [0.29, 0.717) is 20.8 Å². The zero-order valence-corrected chi connectivity index (χ0v) is 16.5. The summed E-state index contributed by atoms with van der Waals surface area (Å²) >= 11 is 9.20. The van der Waals surface area contributed by atoms with Gasteiger partial charge in [-0.25, -0.2) is 8.42 Å². The summed E-state index contributed by atoms with van der Waals surface area (Å²) in [6, 6.07) is 8.87. The zero-order valence-electron chi connectivity index (χ0n) is 13.4. The highest BCUT2D eigenvalue weighted by Crippen LogP contribution is 2.32. The number of aryl methyl sites for hydroxylation is 1. The van der Waals surface area contributed by atoms with E-state index in [0.717, 1.165) is 4.31 Å². The van der Waals surface area contributed by atoms with Crippen molar-refractivity contribution >= 4 is 49.2 Å². The van der Waals surface area contributed by atoms with E-state index < -0.39 is 22.5 Å². The number of ether oxygens (including phenoxy) is 1. The standard InChI is InChI=1S/C16H15BrClNO5S/c1-10-3-4-11(18)7-14(10)19(9-16(20)21)25(22,23)12-5-6-15(24-2)13(17)8-12/h3-8H,9H2,1-2H3,(H,20,21). The maximum Gasteiger partial charge on any atom is 0.324 e. The summed E-state index contributed by atoms with van der Waals surface area (Å²) in [7, 11) is -2.67. The topological polar surface area (TPSA) is 83.9 Å². The van der Waals surface area contributed by atoms with Gasteiger partial charge in [0.25, 0.3) is 10.0 Å². The summed E-state index contributed by atoms with van der Waals surface area (Å²) in [5, 5.41) is 9.49. The third-order valence-electron chi connectivity index (χ3n) is 3.43. The van der Waals surface area contributed by atoms with Gasteiger partial charge in [-0.3, -0.25) is 9.10 Å². The molecule has 0 aliphatic rings. The van der Waals surface area contributed by atoms with Crippen molar-refractivity contribution in [2.75, 3.05) is 18.0 Å². The second-order valence-electron chi connectivity index (χ2n) is 5.13. The Morgan fingerprint density at radius 1 is 1.28 bits per heavy atom. The average Bonchev–Trinajstić information content (AvgIpc) is 2.54. The number of anilines is 1. The zero-order chi connectivity index (χ0) is 18.8. The van der Waals surface area contributed by atoms with Crippen molar-refractivity contribution in [2.45, 2.75) is 11.8 Å².